The average Bonchev–Trinajstić information content (AvgIpc) is 2.54. The Labute approximate surface area is 128 Å². The van der Waals surface area contributed by atoms with Gasteiger partial charge >= 0.3 is 0 Å². The molecule has 6 nitrogen and oxygen atoms in total. The maximum Gasteiger partial charge on any atom is 0.253 e. The number of hydrogen-bond donors (Lipinski definition) is 2. The van der Waals surface area contributed by atoms with E-state index in [1.165, 1.54) is 6.20 Å². The normalized spacial score (nSPS) is 11.5. The third-order valence-corrected chi connectivity index (χ3v) is 2.98. The number of primary amides is 1. The maximum absolute atomic E-state index is 12.2. The summed E-state index contributed by atoms with van der Waals surface area (Å²) in [7, 11) is 0. The van der Waals surface area contributed by atoms with E-state index in [0.29, 0.717) is 23.6 Å². The van der Waals surface area contributed by atoms with Crippen LogP contribution in [0, 0.1) is 0 Å². The molecule has 1 heterocycles. The summed E-state index contributed by atoms with van der Waals surface area (Å²) < 4.78 is 5.21. The highest BCUT2D eigenvalue weighted by molar-refractivity contribution is 5.97. The summed E-state index contributed by atoms with van der Waals surface area (Å²) in [5.41, 5.74) is 6.32. The van der Waals surface area contributed by atoms with Gasteiger partial charge in [-0.25, -0.2) is 4.98 Å². The smallest absolute Gasteiger partial charge is 0.253 e. The predicted octanol–water partition coefficient (Wildman–Crippen LogP) is 1.44. The van der Waals surface area contributed by atoms with Crippen molar-refractivity contribution in [2.45, 2.75) is 13.0 Å². The Bertz CT molecular complexity index is 641. The highest BCUT2D eigenvalue weighted by Gasteiger charge is 2.20. The number of carbonyl (C=O) groups excluding carboxylic acids is 2. The topological polar surface area (TPSA) is 94.3 Å². The summed E-state index contributed by atoms with van der Waals surface area (Å²) in [5, 5.41) is 2.61. The zero-order chi connectivity index (χ0) is 15.9. The number of nitrogens with zero attached hydrogens (tertiary/aromatic N) is 1. The number of carbonyl (C=O) groups is 2. The molecule has 3 N–H and O–H groups in total. The summed E-state index contributed by atoms with van der Waals surface area (Å²) in [4.78, 5) is 27.8. The molecule has 0 bridgehead atoms. The molecule has 2 amide bonds. The Morgan fingerprint density at radius 3 is 2.50 bits per heavy atom. The molecule has 0 saturated carbocycles. The van der Waals surface area contributed by atoms with Crippen LogP contribution in [0.1, 0.15) is 28.9 Å². The molecule has 0 aliphatic heterocycles. The van der Waals surface area contributed by atoms with Crippen LogP contribution in [0.3, 0.4) is 0 Å². The molecule has 2 rings (SSSR count). The van der Waals surface area contributed by atoms with Crippen LogP contribution >= 0.6 is 0 Å². The van der Waals surface area contributed by atoms with E-state index in [9.17, 15) is 9.59 Å². The van der Waals surface area contributed by atoms with Gasteiger partial charge in [-0.05, 0) is 18.6 Å². The number of rotatable bonds is 6. The molecule has 1 aromatic carbocycles. The monoisotopic (exact) mass is 299 g/mol. The second kappa shape index (κ2) is 7.21. The number of aromatic nitrogens is 1. The lowest BCUT2D eigenvalue weighted by atomic mass is 10.1. The molecule has 0 aliphatic carbocycles. The van der Waals surface area contributed by atoms with E-state index in [2.05, 4.69) is 10.3 Å². The van der Waals surface area contributed by atoms with Gasteiger partial charge in [0, 0.05) is 12.3 Å². The fourth-order valence-corrected chi connectivity index (χ4v) is 1.93. The van der Waals surface area contributed by atoms with Gasteiger partial charge in [-0.3, -0.25) is 9.59 Å². The van der Waals surface area contributed by atoms with Gasteiger partial charge in [-0.1, -0.05) is 30.3 Å². The van der Waals surface area contributed by atoms with E-state index in [0.717, 1.165) is 0 Å². The van der Waals surface area contributed by atoms with E-state index in [1.54, 1.807) is 36.4 Å². The Kier molecular flexibility index (Phi) is 5.08. The van der Waals surface area contributed by atoms with Crippen molar-refractivity contribution in [3.05, 3.63) is 59.8 Å². The number of nitrogens with two attached hydrogens (primary N) is 1. The van der Waals surface area contributed by atoms with Gasteiger partial charge < -0.3 is 15.8 Å². The molecule has 1 atom stereocenters. The molecule has 2 aromatic rings. The first-order valence-electron chi connectivity index (χ1n) is 6.85. The van der Waals surface area contributed by atoms with E-state index < -0.39 is 17.9 Å². The molecule has 1 aromatic heterocycles. The summed E-state index contributed by atoms with van der Waals surface area (Å²) >= 11 is 0. The summed E-state index contributed by atoms with van der Waals surface area (Å²) in [6.45, 7) is 2.34. The van der Waals surface area contributed by atoms with Crippen LogP contribution < -0.4 is 15.8 Å². The van der Waals surface area contributed by atoms with Gasteiger partial charge in [0.15, 0.2) is 0 Å². The quantitative estimate of drug-likeness (QED) is 0.843. The Morgan fingerprint density at radius 1 is 1.23 bits per heavy atom. The number of hydrogen-bond acceptors (Lipinski definition) is 4. The van der Waals surface area contributed by atoms with E-state index in [-0.39, 0.29) is 0 Å². The minimum absolute atomic E-state index is 0.325. The highest BCUT2D eigenvalue weighted by atomic mass is 16.5. The fraction of sp³-hybridized carbons (Fsp3) is 0.188. The van der Waals surface area contributed by atoms with Crippen molar-refractivity contribution in [1.82, 2.24) is 10.3 Å². The van der Waals surface area contributed by atoms with Gasteiger partial charge in [-0.15, -0.1) is 0 Å². The first-order valence-corrected chi connectivity index (χ1v) is 6.85. The number of amides is 2. The van der Waals surface area contributed by atoms with Crippen molar-refractivity contribution < 1.29 is 14.3 Å². The van der Waals surface area contributed by atoms with Crippen molar-refractivity contribution in [3.8, 4) is 5.88 Å². The Morgan fingerprint density at radius 2 is 1.95 bits per heavy atom. The SMILES string of the molecule is CCOc1ccc(C(=O)N[C@H](C(N)=O)c2ccccc2)cn1. The van der Waals surface area contributed by atoms with Gasteiger partial charge in [0.05, 0.1) is 12.2 Å². The van der Waals surface area contributed by atoms with Crippen LogP contribution in [0.4, 0.5) is 0 Å². The molecule has 22 heavy (non-hydrogen) atoms. The van der Waals surface area contributed by atoms with Crippen molar-refractivity contribution in [2.24, 2.45) is 5.73 Å². The van der Waals surface area contributed by atoms with Crippen LogP contribution in [-0.4, -0.2) is 23.4 Å². The molecule has 114 valence electrons. The second-order valence-corrected chi connectivity index (χ2v) is 4.54. The van der Waals surface area contributed by atoms with E-state index in [1.807, 2.05) is 13.0 Å². The number of pyridine rings is 1. The summed E-state index contributed by atoms with van der Waals surface area (Å²) in [6.07, 6.45) is 1.39. The molecule has 0 unspecified atom stereocenters. The fourth-order valence-electron chi connectivity index (χ4n) is 1.93. The largest absolute Gasteiger partial charge is 0.478 e. The average molecular weight is 299 g/mol. The van der Waals surface area contributed by atoms with Gasteiger partial charge in [-0.2, -0.15) is 0 Å². The summed E-state index contributed by atoms with van der Waals surface area (Å²) in [6, 6.07) is 11.1. The Balaban J connectivity index is 2.13. The van der Waals surface area contributed by atoms with Crippen LogP contribution in [-0.2, 0) is 4.79 Å². The zero-order valence-corrected chi connectivity index (χ0v) is 12.2. The summed E-state index contributed by atoms with van der Waals surface area (Å²) in [5.74, 6) is -0.616. The highest BCUT2D eigenvalue weighted by Crippen LogP contribution is 2.14. The van der Waals surface area contributed by atoms with E-state index >= 15 is 0 Å². The molecule has 0 fully saturated rings. The predicted molar refractivity (Wildman–Crippen MR) is 81.2 cm³/mol. The molecule has 6 heteroatoms. The van der Waals surface area contributed by atoms with Crippen molar-refractivity contribution in [2.75, 3.05) is 6.61 Å². The third-order valence-electron chi connectivity index (χ3n) is 2.98. The third kappa shape index (κ3) is 3.82. The van der Waals surface area contributed by atoms with Crippen LogP contribution in [0.5, 0.6) is 5.88 Å². The lowest BCUT2D eigenvalue weighted by molar-refractivity contribution is -0.120. The number of nitrogens with one attached hydrogen (secondary N) is 1. The van der Waals surface area contributed by atoms with Crippen LogP contribution in [0.25, 0.3) is 0 Å². The molecule has 0 spiro atoms. The van der Waals surface area contributed by atoms with Crippen molar-refractivity contribution in [3.63, 3.8) is 0 Å². The van der Waals surface area contributed by atoms with Crippen LogP contribution in [0.15, 0.2) is 48.7 Å². The number of ether oxygens (including phenoxy) is 1. The molecular weight excluding hydrogens is 282 g/mol. The maximum atomic E-state index is 12.2. The lowest BCUT2D eigenvalue weighted by Crippen LogP contribution is -2.37. The van der Waals surface area contributed by atoms with Gasteiger partial charge in [0.2, 0.25) is 11.8 Å². The standard InChI is InChI=1S/C16H17N3O3/c1-2-22-13-9-8-12(10-18-13)16(21)19-14(15(17)20)11-6-4-3-5-7-11/h3-10,14H,2H2,1H3,(H2,17,20)(H,19,21)/t14-/m0/s1. The van der Waals surface area contributed by atoms with Crippen molar-refractivity contribution >= 4 is 11.8 Å². The molecule has 0 radical (unpaired) electrons. The Hall–Kier alpha value is -2.89. The molecule has 0 aliphatic rings. The zero-order valence-electron chi connectivity index (χ0n) is 12.2. The molecular formula is C16H17N3O3. The first-order chi connectivity index (χ1) is 10.6. The second-order valence-electron chi connectivity index (χ2n) is 4.54. The van der Waals surface area contributed by atoms with Crippen LogP contribution in [0.2, 0.25) is 0 Å². The molecule has 0 saturated heterocycles. The first kappa shape index (κ1) is 15.5. The minimum Gasteiger partial charge on any atom is -0.478 e. The van der Waals surface area contributed by atoms with Gasteiger partial charge in [0.25, 0.3) is 5.91 Å². The van der Waals surface area contributed by atoms with E-state index in [4.69, 9.17) is 10.5 Å². The number of benzene rings is 1. The van der Waals surface area contributed by atoms with Crippen molar-refractivity contribution in [1.29, 1.82) is 0 Å². The lowest BCUT2D eigenvalue weighted by Gasteiger charge is -2.15. The van der Waals surface area contributed by atoms with Gasteiger partial charge in [0.1, 0.15) is 6.04 Å². The minimum atomic E-state index is -0.889.